The second kappa shape index (κ2) is 5.43. The molecule has 2 aromatic rings. The van der Waals surface area contributed by atoms with E-state index in [1.807, 2.05) is 5.38 Å². The summed E-state index contributed by atoms with van der Waals surface area (Å²) >= 11 is 1.66. The van der Waals surface area contributed by atoms with Gasteiger partial charge in [0.05, 0.1) is 5.69 Å². The highest BCUT2D eigenvalue weighted by Crippen LogP contribution is 2.24. The van der Waals surface area contributed by atoms with Gasteiger partial charge in [-0.2, -0.15) is 0 Å². The van der Waals surface area contributed by atoms with Crippen LogP contribution < -0.4 is 5.73 Å². The molecule has 0 amide bonds. The van der Waals surface area contributed by atoms with E-state index in [1.165, 1.54) is 11.1 Å². The number of thiazole rings is 1. The van der Waals surface area contributed by atoms with E-state index < -0.39 is 0 Å². The quantitative estimate of drug-likeness (QED) is 0.897. The Balaban J connectivity index is 2.17. The van der Waals surface area contributed by atoms with Crippen LogP contribution in [0.4, 0.5) is 0 Å². The number of hydrogen-bond acceptors (Lipinski definition) is 3. The molecule has 0 unspecified atom stereocenters. The Labute approximate surface area is 107 Å². The molecule has 1 aromatic heterocycles. The van der Waals surface area contributed by atoms with Crippen molar-refractivity contribution in [3.05, 3.63) is 40.9 Å². The van der Waals surface area contributed by atoms with Gasteiger partial charge in [0, 0.05) is 17.5 Å². The second-order valence-corrected chi connectivity index (χ2v) is 5.50. The average molecular weight is 246 g/mol. The Morgan fingerprint density at radius 3 is 2.47 bits per heavy atom. The van der Waals surface area contributed by atoms with Gasteiger partial charge in [-0.1, -0.05) is 38.1 Å². The molecule has 0 bridgehead atoms. The van der Waals surface area contributed by atoms with Crippen LogP contribution in [-0.4, -0.2) is 4.98 Å². The lowest BCUT2D eigenvalue weighted by atomic mass is 10.0. The highest BCUT2D eigenvalue weighted by Gasteiger charge is 2.04. The van der Waals surface area contributed by atoms with Gasteiger partial charge < -0.3 is 5.73 Å². The van der Waals surface area contributed by atoms with E-state index >= 15 is 0 Å². The molecular formula is C14H18N2S. The van der Waals surface area contributed by atoms with Crippen LogP contribution in [0.15, 0.2) is 29.6 Å². The van der Waals surface area contributed by atoms with Crippen LogP contribution in [0.5, 0.6) is 0 Å². The van der Waals surface area contributed by atoms with Gasteiger partial charge in [-0.05, 0) is 17.9 Å². The zero-order chi connectivity index (χ0) is 12.3. The monoisotopic (exact) mass is 246 g/mol. The van der Waals surface area contributed by atoms with E-state index in [1.54, 1.807) is 11.3 Å². The normalized spacial score (nSPS) is 11.1. The standard InChI is InChI=1S/C14H18N2S/c1-10(2)7-11-3-5-12(6-4-11)14-16-13(8-15)9-17-14/h3-6,9-10H,7-8,15H2,1-2H3. The fraction of sp³-hybridized carbons (Fsp3) is 0.357. The van der Waals surface area contributed by atoms with Gasteiger partial charge >= 0.3 is 0 Å². The first kappa shape index (κ1) is 12.3. The molecule has 2 nitrogen and oxygen atoms in total. The van der Waals surface area contributed by atoms with Crippen molar-refractivity contribution in [1.29, 1.82) is 0 Å². The number of nitrogens with two attached hydrogens (primary N) is 1. The Hall–Kier alpha value is -1.19. The third-order valence-electron chi connectivity index (χ3n) is 2.61. The molecule has 0 atom stereocenters. The fourth-order valence-corrected chi connectivity index (χ4v) is 2.63. The Morgan fingerprint density at radius 2 is 1.94 bits per heavy atom. The number of rotatable bonds is 4. The lowest BCUT2D eigenvalue weighted by Crippen LogP contribution is -1.96. The molecule has 17 heavy (non-hydrogen) atoms. The van der Waals surface area contributed by atoms with Crippen LogP contribution in [0.3, 0.4) is 0 Å². The zero-order valence-electron chi connectivity index (χ0n) is 10.3. The van der Waals surface area contributed by atoms with Gasteiger partial charge in [-0.25, -0.2) is 4.98 Å². The van der Waals surface area contributed by atoms with E-state index in [-0.39, 0.29) is 0 Å². The van der Waals surface area contributed by atoms with Crippen molar-refractivity contribution in [2.24, 2.45) is 11.7 Å². The molecule has 1 aromatic carbocycles. The summed E-state index contributed by atoms with van der Waals surface area (Å²) in [6.45, 7) is 4.99. The minimum Gasteiger partial charge on any atom is -0.325 e. The molecule has 3 heteroatoms. The smallest absolute Gasteiger partial charge is 0.123 e. The molecule has 2 rings (SSSR count). The lowest BCUT2D eigenvalue weighted by Gasteiger charge is -2.05. The molecule has 2 N–H and O–H groups in total. The first-order valence-corrected chi connectivity index (χ1v) is 6.81. The maximum atomic E-state index is 5.56. The summed E-state index contributed by atoms with van der Waals surface area (Å²) in [5.41, 5.74) is 9.10. The predicted molar refractivity (Wildman–Crippen MR) is 74.0 cm³/mol. The Morgan fingerprint density at radius 1 is 1.24 bits per heavy atom. The Kier molecular flexibility index (Phi) is 3.92. The first-order chi connectivity index (χ1) is 8.19. The summed E-state index contributed by atoms with van der Waals surface area (Å²) in [5, 5.41) is 3.08. The number of nitrogens with zero attached hydrogens (tertiary/aromatic N) is 1. The van der Waals surface area contributed by atoms with Crippen LogP contribution in [-0.2, 0) is 13.0 Å². The van der Waals surface area contributed by atoms with E-state index in [4.69, 9.17) is 5.73 Å². The van der Waals surface area contributed by atoms with Crippen molar-refractivity contribution >= 4 is 11.3 Å². The number of aromatic nitrogens is 1. The van der Waals surface area contributed by atoms with Crippen molar-refractivity contribution < 1.29 is 0 Å². The molecule has 0 saturated heterocycles. The molecule has 0 aliphatic carbocycles. The van der Waals surface area contributed by atoms with Gasteiger partial charge in [-0.15, -0.1) is 11.3 Å². The van der Waals surface area contributed by atoms with Crippen molar-refractivity contribution in [1.82, 2.24) is 4.98 Å². The third kappa shape index (κ3) is 3.14. The van der Waals surface area contributed by atoms with Crippen LogP contribution in [0.25, 0.3) is 10.6 Å². The maximum absolute atomic E-state index is 5.56. The van der Waals surface area contributed by atoms with E-state index in [9.17, 15) is 0 Å². The summed E-state index contributed by atoms with van der Waals surface area (Å²) in [4.78, 5) is 4.48. The molecular weight excluding hydrogens is 228 g/mol. The highest BCUT2D eigenvalue weighted by atomic mass is 32.1. The van der Waals surface area contributed by atoms with Crippen LogP contribution >= 0.6 is 11.3 Å². The topological polar surface area (TPSA) is 38.9 Å². The average Bonchev–Trinajstić information content (AvgIpc) is 2.78. The summed E-state index contributed by atoms with van der Waals surface area (Å²) in [5.74, 6) is 0.699. The number of benzene rings is 1. The molecule has 0 spiro atoms. The molecule has 0 radical (unpaired) electrons. The van der Waals surface area contributed by atoms with Crippen LogP contribution in [0.1, 0.15) is 25.1 Å². The zero-order valence-corrected chi connectivity index (χ0v) is 11.1. The van der Waals surface area contributed by atoms with E-state index in [0.29, 0.717) is 12.5 Å². The van der Waals surface area contributed by atoms with Crippen molar-refractivity contribution in [3.8, 4) is 10.6 Å². The minimum absolute atomic E-state index is 0.516. The predicted octanol–water partition coefficient (Wildman–Crippen LogP) is 3.47. The SMILES string of the molecule is CC(C)Cc1ccc(-c2nc(CN)cs2)cc1. The third-order valence-corrected chi connectivity index (χ3v) is 3.55. The molecule has 0 aliphatic heterocycles. The second-order valence-electron chi connectivity index (χ2n) is 4.64. The van der Waals surface area contributed by atoms with E-state index in [0.717, 1.165) is 17.1 Å². The van der Waals surface area contributed by atoms with E-state index in [2.05, 4.69) is 43.1 Å². The minimum atomic E-state index is 0.516. The molecule has 90 valence electrons. The summed E-state index contributed by atoms with van der Waals surface area (Å²) in [6, 6.07) is 8.69. The van der Waals surface area contributed by atoms with Gasteiger partial charge in [0.25, 0.3) is 0 Å². The molecule has 0 aliphatic rings. The number of hydrogen-bond donors (Lipinski definition) is 1. The van der Waals surface area contributed by atoms with Gasteiger partial charge in [0.1, 0.15) is 5.01 Å². The van der Waals surface area contributed by atoms with Crippen LogP contribution in [0, 0.1) is 5.92 Å². The largest absolute Gasteiger partial charge is 0.325 e. The summed E-state index contributed by atoms with van der Waals surface area (Å²) < 4.78 is 0. The molecule has 0 saturated carbocycles. The molecule has 1 heterocycles. The fourth-order valence-electron chi connectivity index (χ4n) is 1.79. The van der Waals surface area contributed by atoms with Crippen molar-refractivity contribution in [2.75, 3.05) is 0 Å². The van der Waals surface area contributed by atoms with Gasteiger partial charge in [0.2, 0.25) is 0 Å². The maximum Gasteiger partial charge on any atom is 0.123 e. The summed E-state index contributed by atoms with van der Waals surface area (Å²) in [6.07, 6.45) is 1.13. The van der Waals surface area contributed by atoms with Crippen LogP contribution in [0.2, 0.25) is 0 Å². The van der Waals surface area contributed by atoms with Gasteiger partial charge in [-0.3, -0.25) is 0 Å². The van der Waals surface area contributed by atoms with Gasteiger partial charge in [0.15, 0.2) is 0 Å². The van der Waals surface area contributed by atoms with Crippen molar-refractivity contribution in [3.63, 3.8) is 0 Å². The highest BCUT2D eigenvalue weighted by molar-refractivity contribution is 7.13. The lowest BCUT2D eigenvalue weighted by molar-refractivity contribution is 0.647. The Bertz CT molecular complexity index is 471. The first-order valence-electron chi connectivity index (χ1n) is 5.93. The molecule has 0 fully saturated rings. The summed E-state index contributed by atoms with van der Waals surface area (Å²) in [7, 11) is 0. The van der Waals surface area contributed by atoms with Crippen molar-refractivity contribution in [2.45, 2.75) is 26.8 Å².